The normalized spacial score (nSPS) is 8.87. The summed E-state index contributed by atoms with van der Waals surface area (Å²) in [6.07, 6.45) is 2.25. The fourth-order valence-corrected chi connectivity index (χ4v) is 1.01. The lowest BCUT2D eigenvalue weighted by Crippen LogP contribution is -2.35. The van der Waals surface area contributed by atoms with Gasteiger partial charge in [0, 0.05) is 13.0 Å². The van der Waals surface area contributed by atoms with Gasteiger partial charge in [0.15, 0.2) is 0 Å². The van der Waals surface area contributed by atoms with Crippen LogP contribution in [0.4, 0.5) is 4.79 Å². The Hall–Kier alpha value is -1.89. The predicted molar refractivity (Wildman–Crippen MR) is 57.0 cm³/mol. The zero-order valence-electron chi connectivity index (χ0n) is 8.67. The third-order valence-corrected chi connectivity index (χ3v) is 1.72. The van der Waals surface area contributed by atoms with Gasteiger partial charge in [-0.1, -0.05) is 0 Å². The largest absolute Gasteiger partial charge is 0.467 e. The lowest BCUT2D eigenvalue weighted by molar-refractivity contribution is 0.240. The highest BCUT2D eigenvalue weighted by molar-refractivity contribution is 5.73. The number of carbonyl (C=O) groups excluding carboxylic acids is 1. The monoisotopic (exact) mass is 206 g/mol. The van der Waals surface area contributed by atoms with Crippen LogP contribution in [-0.2, 0) is 6.54 Å². The second kappa shape index (κ2) is 6.55. The number of urea groups is 1. The molecule has 0 aromatic carbocycles. The van der Waals surface area contributed by atoms with Gasteiger partial charge in [-0.25, -0.2) is 4.79 Å². The van der Waals surface area contributed by atoms with Crippen LogP contribution in [0.5, 0.6) is 0 Å². The molecule has 0 unspecified atom stereocenters. The molecular weight excluding hydrogens is 192 g/mol. The first kappa shape index (κ1) is 11.2. The Kier molecular flexibility index (Phi) is 4.88. The Morgan fingerprint density at radius 1 is 1.53 bits per heavy atom. The van der Waals surface area contributed by atoms with Crippen LogP contribution >= 0.6 is 0 Å². The van der Waals surface area contributed by atoms with E-state index in [2.05, 4.69) is 22.5 Å². The maximum atomic E-state index is 11.2. The van der Waals surface area contributed by atoms with Crippen molar-refractivity contribution < 1.29 is 9.21 Å². The van der Waals surface area contributed by atoms with E-state index in [1.165, 1.54) is 0 Å². The van der Waals surface area contributed by atoms with Crippen molar-refractivity contribution in [2.75, 3.05) is 6.54 Å². The quantitative estimate of drug-likeness (QED) is 0.579. The highest BCUT2D eigenvalue weighted by atomic mass is 16.3. The van der Waals surface area contributed by atoms with Crippen molar-refractivity contribution in [2.45, 2.75) is 19.9 Å². The molecule has 1 heterocycles. The van der Waals surface area contributed by atoms with Crippen molar-refractivity contribution in [2.24, 2.45) is 0 Å². The summed E-state index contributed by atoms with van der Waals surface area (Å²) in [5, 5.41) is 5.36. The van der Waals surface area contributed by atoms with Crippen LogP contribution in [0.1, 0.15) is 19.1 Å². The minimum absolute atomic E-state index is 0.204. The van der Waals surface area contributed by atoms with E-state index in [4.69, 9.17) is 4.42 Å². The van der Waals surface area contributed by atoms with Gasteiger partial charge in [0.25, 0.3) is 0 Å². The van der Waals surface area contributed by atoms with Crippen LogP contribution in [0.25, 0.3) is 0 Å². The molecule has 80 valence electrons. The summed E-state index contributed by atoms with van der Waals surface area (Å²) < 4.78 is 5.06. The van der Waals surface area contributed by atoms with Gasteiger partial charge in [-0.05, 0) is 19.1 Å². The van der Waals surface area contributed by atoms with Crippen LogP contribution in [0, 0.1) is 11.8 Å². The molecule has 0 spiro atoms. The summed E-state index contributed by atoms with van der Waals surface area (Å²) in [5.74, 6) is 6.36. The second-order valence-corrected chi connectivity index (χ2v) is 2.87. The van der Waals surface area contributed by atoms with Crippen LogP contribution in [0.15, 0.2) is 22.8 Å². The third kappa shape index (κ3) is 4.77. The van der Waals surface area contributed by atoms with Crippen LogP contribution in [0.3, 0.4) is 0 Å². The van der Waals surface area contributed by atoms with E-state index in [1.807, 2.05) is 6.07 Å². The molecule has 1 aromatic heterocycles. The molecule has 2 N–H and O–H groups in total. The highest BCUT2D eigenvalue weighted by Gasteiger charge is 1.99. The molecule has 2 amide bonds. The first-order valence-corrected chi connectivity index (χ1v) is 4.76. The molecule has 4 nitrogen and oxygen atoms in total. The van der Waals surface area contributed by atoms with Gasteiger partial charge < -0.3 is 15.1 Å². The van der Waals surface area contributed by atoms with Gasteiger partial charge in [0.05, 0.1) is 12.8 Å². The molecule has 0 atom stereocenters. The fraction of sp³-hybridized carbons (Fsp3) is 0.364. The lowest BCUT2D eigenvalue weighted by atomic mass is 10.4. The van der Waals surface area contributed by atoms with E-state index in [1.54, 1.807) is 19.3 Å². The SMILES string of the molecule is CC#CCCNC(=O)NCc1ccco1. The minimum Gasteiger partial charge on any atom is -0.467 e. The zero-order valence-corrected chi connectivity index (χ0v) is 8.67. The Morgan fingerprint density at radius 3 is 3.07 bits per heavy atom. The van der Waals surface area contributed by atoms with Crippen molar-refractivity contribution in [1.82, 2.24) is 10.6 Å². The molecule has 1 rings (SSSR count). The molecule has 15 heavy (non-hydrogen) atoms. The number of carbonyl (C=O) groups is 1. The van der Waals surface area contributed by atoms with Crippen LogP contribution < -0.4 is 10.6 Å². The lowest BCUT2D eigenvalue weighted by Gasteiger charge is -2.03. The number of hydrogen-bond acceptors (Lipinski definition) is 2. The molecule has 0 bridgehead atoms. The predicted octanol–water partition coefficient (Wildman–Crippen LogP) is 1.49. The van der Waals surface area contributed by atoms with Gasteiger partial charge in [0.2, 0.25) is 0 Å². The first-order chi connectivity index (χ1) is 7.33. The molecule has 0 saturated heterocycles. The molecule has 1 aromatic rings. The van der Waals surface area contributed by atoms with Gasteiger partial charge in [-0.2, -0.15) is 0 Å². The number of amides is 2. The van der Waals surface area contributed by atoms with Crippen molar-refractivity contribution in [3.8, 4) is 11.8 Å². The Labute approximate surface area is 89.0 Å². The van der Waals surface area contributed by atoms with Crippen molar-refractivity contribution in [3.63, 3.8) is 0 Å². The standard InChI is InChI=1S/C11H14N2O2/c1-2-3-4-7-12-11(14)13-9-10-6-5-8-15-10/h5-6,8H,4,7,9H2,1H3,(H2,12,13,14). The average Bonchev–Trinajstić information content (AvgIpc) is 2.74. The molecular formula is C11H14N2O2. The van der Waals surface area contributed by atoms with Crippen LogP contribution in [-0.4, -0.2) is 12.6 Å². The van der Waals surface area contributed by atoms with E-state index in [0.717, 1.165) is 5.76 Å². The van der Waals surface area contributed by atoms with E-state index in [0.29, 0.717) is 19.5 Å². The first-order valence-electron chi connectivity index (χ1n) is 4.76. The molecule has 0 aliphatic rings. The Bertz CT molecular complexity index is 346. The van der Waals surface area contributed by atoms with E-state index < -0.39 is 0 Å². The molecule has 0 aliphatic carbocycles. The third-order valence-electron chi connectivity index (χ3n) is 1.72. The number of nitrogens with one attached hydrogen (secondary N) is 2. The summed E-state index contributed by atoms with van der Waals surface area (Å²) >= 11 is 0. The van der Waals surface area contributed by atoms with Crippen LogP contribution in [0.2, 0.25) is 0 Å². The molecule has 4 heteroatoms. The zero-order chi connectivity index (χ0) is 10.9. The van der Waals surface area contributed by atoms with E-state index >= 15 is 0 Å². The molecule has 0 radical (unpaired) electrons. The Balaban J connectivity index is 2.10. The molecule has 0 saturated carbocycles. The second-order valence-electron chi connectivity index (χ2n) is 2.87. The summed E-state index contributed by atoms with van der Waals surface area (Å²) in [4.78, 5) is 11.2. The highest BCUT2D eigenvalue weighted by Crippen LogP contribution is 1.97. The maximum Gasteiger partial charge on any atom is 0.315 e. The summed E-state index contributed by atoms with van der Waals surface area (Å²) in [7, 11) is 0. The van der Waals surface area contributed by atoms with Gasteiger partial charge in [0.1, 0.15) is 5.76 Å². The fourth-order valence-electron chi connectivity index (χ4n) is 1.01. The number of furan rings is 1. The van der Waals surface area contributed by atoms with Crippen molar-refractivity contribution in [3.05, 3.63) is 24.2 Å². The summed E-state index contributed by atoms with van der Waals surface area (Å²) in [6, 6.07) is 3.39. The van der Waals surface area contributed by atoms with Gasteiger partial charge >= 0.3 is 6.03 Å². The Morgan fingerprint density at radius 2 is 2.40 bits per heavy atom. The maximum absolute atomic E-state index is 11.2. The molecule has 0 fully saturated rings. The van der Waals surface area contributed by atoms with Crippen molar-refractivity contribution in [1.29, 1.82) is 0 Å². The van der Waals surface area contributed by atoms with E-state index in [9.17, 15) is 4.79 Å². The van der Waals surface area contributed by atoms with Crippen molar-refractivity contribution >= 4 is 6.03 Å². The van der Waals surface area contributed by atoms with E-state index in [-0.39, 0.29) is 6.03 Å². The van der Waals surface area contributed by atoms with Gasteiger partial charge in [-0.3, -0.25) is 0 Å². The topological polar surface area (TPSA) is 54.3 Å². The summed E-state index contributed by atoms with van der Waals surface area (Å²) in [6.45, 7) is 2.74. The number of hydrogen-bond donors (Lipinski definition) is 2. The summed E-state index contributed by atoms with van der Waals surface area (Å²) in [5.41, 5.74) is 0. The average molecular weight is 206 g/mol. The smallest absolute Gasteiger partial charge is 0.315 e. The van der Waals surface area contributed by atoms with Gasteiger partial charge in [-0.15, -0.1) is 11.8 Å². The molecule has 0 aliphatic heterocycles. The minimum atomic E-state index is -0.204. The number of rotatable bonds is 4.